The van der Waals surface area contributed by atoms with Crippen LogP contribution in [0.1, 0.15) is 0 Å². The molecule has 96 valence electrons. The largest absolute Gasteiger partial charge is 0.314 e. The first-order chi connectivity index (χ1) is 8.88. The molecule has 0 bridgehead atoms. The number of tetrazole rings is 1. The normalized spacial score (nSPS) is 14.7. The van der Waals surface area contributed by atoms with Crippen LogP contribution in [-0.4, -0.2) is 46.4 Å². The molecule has 7 heteroatoms. The van der Waals surface area contributed by atoms with E-state index in [1.165, 1.54) is 4.68 Å². The molecule has 0 spiro atoms. The summed E-state index contributed by atoms with van der Waals surface area (Å²) >= 11 is 5.70. The van der Waals surface area contributed by atoms with Crippen molar-refractivity contribution in [3.63, 3.8) is 0 Å². The van der Waals surface area contributed by atoms with Crippen molar-refractivity contribution in [1.29, 1.82) is 0 Å². The summed E-state index contributed by atoms with van der Waals surface area (Å²) in [6.45, 7) is 4.56. The number of aromatic nitrogens is 4. The van der Waals surface area contributed by atoms with E-state index < -0.39 is 0 Å². The zero-order valence-electron chi connectivity index (χ0n) is 9.88. The van der Waals surface area contributed by atoms with Gasteiger partial charge in [-0.1, -0.05) is 23.3 Å². The molecule has 3 rings (SSSR count). The molecule has 1 aliphatic rings. The van der Waals surface area contributed by atoms with Gasteiger partial charge in [0.2, 0.25) is 5.28 Å². The lowest BCUT2D eigenvalue weighted by molar-refractivity contribution is 0.534. The van der Waals surface area contributed by atoms with E-state index in [1.54, 1.807) is 0 Å². The first-order valence-corrected chi connectivity index (χ1v) is 6.16. The van der Waals surface area contributed by atoms with Gasteiger partial charge >= 0.3 is 0 Å². The van der Waals surface area contributed by atoms with Crippen LogP contribution in [0.4, 0.5) is 0 Å². The Morgan fingerprint density at radius 2 is 1.61 bits per heavy atom. The van der Waals surface area contributed by atoms with Crippen LogP contribution in [0.3, 0.4) is 0 Å². The van der Waals surface area contributed by atoms with Crippen molar-refractivity contribution < 1.29 is 0 Å². The maximum atomic E-state index is 5.70. The number of nitrogens with one attached hydrogen (secondary N) is 2. The standard InChI is InChI=1S/C7H5ClN4.C4H10N2/c8-7-9-10-11-12(7)6-4-2-1-3-5-6;1-2-6-4-3-5-1/h1-5H;5-6H,1-4H2. The highest BCUT2D eigenvalue weighted by Crippen LogP contribution is 2.09. The monoisotopic (exact) mass is 266 g/mol. The second-order valence-electron chi connectivity index (χ2n) is 3.70. The van der Waals surface area contributed by atoms with E-state index >= 15 is 0 Å². The third kappa shape index (κ3) is 3.76. The van der Waals surface area contributed by atoms with E-state index in [4.69, 9.17) is 11.6 Å². The average molecular weight is 267 g/mol. The Hall–Kier alpha value is -1.50. The molecule has 2 aromatic rings. The van der Waals surface area contributed by atoms with Crippen LogP contribution in [-0.2, 0) is 0 Å². The van der Waals surface area contributed by atoms with E-state index in [0.717, 1.165) is 31.9 Å². The Morgan fingerprint density at radius 1 is 1.00 bits per heavy atom. The molecular weight excluding hydrogens is 252 g/mol. The molecule has 0 radical (unpaired) electrons. The van der Waals surface area contributed by atoms with Gasteiger partial charge < -0.3 is 10.6 Å². The minimum Gasteiger partial charge on any atom is -0.314 e. The maximum Gasteiger partial charge on any atom is 0.247 e. The molecule has 0 saturated carbocycles. The summed E-state index contributed by atoms with van der Waals surface area (Å²) in [4.78, 5) is 0. The van der Waals surface area contributed by atoms with Crippen molar-refractivity contribution in [2.45, 2.75) is 0 Å². The van der Waals surface area contributed by atoms with Crippen LogP contribution in [0, 0.1) is 0 Å². The quantitative estimate of drug-likeness (QED) is 0.787. The Labute approximate surface area is 110 Å². The van der Waals surface area contributed by atoms with Gasteiger partial charge in [0.05, 0.1) is 5.69 Å². The first kappa shape index (κ1) is 12.9. The highest BCUT2D eigenvalue weighted by atomic mass is 35.5. The third-order valence-corrected chi connectivity index (χ3v) is 2.63. The minimum atomic E-state index is 0.265. The maximum absolute atomic E-state index is 5.70. The molecule has 6 nitrogen and oxygen atoms in total. The van der Waals surface area contributed by atoms with Crippen LogP contribution in [0.2, 0.25) is 5.28 Å². The van der Waals surface area contributed by atoms with Crippen molar-refractivity contribution in [2.75, 3.05) is 26.2 Å². The lowest BCUT2D eigenvalue weighted by Gasteiger charge is -2.11. The fraction of sp³-hybridized carbons (Fsp3) is 0.364. The molecule has 18 heavy (non-hydrogen) atoms. The molecule has 0 atom stereocenters. The van der Waals surface area contributed by atoms with E-state index in [-0.39, 0.29) is 5.28 Å². The van der Waals surface area contributed by atoms with Gasteiger partial charge in [-0.05, 0) is 34.2 Å². The summed E-state index contributed by atoms with van der Waals surface area (Å²) in [6.07, 6.45) is 0. The van der Waals surface area contributed by atoms with Crippen molar-refractivity contribution in [2.24, 2.45) is 0 Å². The fourth-order valence-electron chi connectivity index (χ4n) is 1.51. The summed E-state index contributed by atoms with van der Waals surface area (Å²) in [7, 11) is 0. The summed E-state index contributed by atoms with van der Waals surface area (Å²) in [6, 6.07) is 9.47. The SMILES string of the molecule is C1CNCCN1.Clc1nnnn1-c1ccccc1. The van der Waals surface area contributed by atoms with Gasteiger partial charge in [-0.25, -0.2) is 0 Å². The minimum absolute atomic E-state index is 0.265. The number of halogens is 1. The third-order valence-electron chi connectivity index (χ3n) is 2.39. The smallest absolute Gasteiger partial charge is 0.247 e. The zero-order chi connectivity index (χ0) is 12.6. The summed E-state index contributed by atoms with van der Waals surface area (Å²) in [5, 5.41) is 17.4. The van der Waals surface area contributed by atoms with Crippen molar-refractivity contribution in [3.05, 3.63) is 35.6 Å². The molecule has 0 unspecified atom stereocenters. The van der Waals surface area contributed by atoms with Crippen molar-refractivity contribution in [3.8, 4) is 5.69 Å². The molecular formula is C11H15ClN6. The number of benzene rings is 1. The number of hydrogen-bond acceptors (Lipinski definition) is 5. The molecule has 2 N–H and O–H groups in total. The van der Waals surface area contributed by atoms with E-state index in [9.17, 15) is 0 Å². The number of hydrogen-bond donors (Lipinski definition) is 2. The first-order valence-electron chi connectivity index (χ1n) is 5.78. The highest BCUT2D eigenvalue weighted by Gasteiger charge is 2.02. The zero-order valence-corrected chi connectivity index (χ0v) is 10.6. The Kier molecular flexibility index (Phi) is 5.07. The van der Waals surface area contributed by atoms with E-state index in [1.807, 2.05) is 30.3 Å². The number of piperazine rings is 1. The number of rotatable bonds is 1. The second-order valence-corrected chi connectivity index (χ2v) is 4.03. The average Bonchev–Trinajstić information content (AvgIpc) is 2.89. The molecule has 2 heterocycles. The van der Waals surface area contributed by atoms with Crippen molar-refractivity contribution in [1.82, 2.24) is 30.8 Å². The van der Waals surface area contributed by atoms with Crippen molar-refractivity contribution >= 4 is 11.6 Å². The predicted molar refractivity (Wildman–Crippen MR) is 69.9 cm³/mol. The Morgan fingerprint density at radius 3 is 2.06 bits per heavy atom. The molecule has 1 saturated heterocycles. The Bertz CT molecular complexity index is 442. The molecule has 0 aliphatic carbocycles. The van der Waals surface area contributed by atoms with Gasteiger partial charge in [0.1, 0.15) is 0 Å². The fourth-order valence-corrected chi connectivity index (χ4v) is 1.67. The van der Waals surface area contributed by atoms with Crippen LogP contribution in [0.25, 0.3) is 5.69 Å². The van der Waals surface area contributed by atoms with Crippen LogP contribution in [0.15, 0.2) is 30.3 Å². The van der Waals surface area contributed by atoms with Gasteiger partial charge in [-0.3, -0.25) is 0 Å². The van der Waals surface area contributed by atoms with Gasteiger partial charge in [-0.2, -0.15) is 4.68 Å². The second kappa shape index (κ2) is 7.05. The van der Waals surface area contributed by atoms with E-state index in [0.29, 0.717) is 0 Å². The van der Waals surface area contributed by atoms with Gasteiger partial charge in [0.25, 0.3) is 0 Å². The summed E-state index contributed by atoms with van der Waals surface area (Å²) in [5.74, 6) is 0. The summed E-state index contributed by atoms with van der Waals surface area (Å²) in [5.41, 5.74) is 0.854. The molecule has 1 aromatic heterocycles. The summed E-state index contributed by atoms with van der Waals surface area (Å²) < 4.78 is 1.46. The lowest BCUT2D eigenvalue weighted by Crippen LogP contribution is -2.39. The van der Waals surface area contributed by atoms with Crippen LogP contribution in [0.5, 0.6) is 0 Å². The van der Waals surface area contributed by atoms with Gasteiger partial charge in [0, 0.05) is 26.2 Å². The highest BCUT2D eigenvalue weighted by molar-refractivity contribution is 6.28. The van der Waals surface area contributed by atoms with Crippen LogP contribution < -0.4 is 10.6 Å². The predicted octanol–water partition coefficient (Wildman–Crippen LogP) is 0.495. The molecule has 0 amide bonds. The molecule has 1 aromatic carbocycles. The lowest BCUT2D eigenvalue weighted by atomic mass is 10.3. The number of nitrogens with zero attached hydrogens (tertiary/aromatic N) is 4. The number of para-hydroxylation sites is 1. The van der Waals surface area contributed by atoms with Crippen LogP contribution >= 0.6 is 11.6 Å². The van der Waals surface area contributed by atoms with E-state index in [2.05, 4.69) is 26.2 Å². The van der Waals surface area contributed by atoms with Gasteiger partial charge in [-0.15, -0.1) is 0 Å². The molecule has 1 fully saturated rings. The van der Waals surface area contributed by atoms with Gasteiger partial charge in [0.15, 0.2) is 0 Å². The molecule has 1 aliphatic heterocycles. The Balaban J connectivity index is 0.000000169. The topological polar surface area (TPSA) is 67.7 Å².